The first-order valence-electron chi connectivity index (χ1n) is 7.61. The molecule has 3 aromatic heterocycles. The zero-order chi connectivity index (χ0) is 16.0. The van der Waals surface area contributed by atoms with E-state index >= 15 is 0 Å². The summed E-state index contributed by atoms with van der Waals surface area (Å²) in [7, 11) is 0. The van der Waals surface area contributed by atoms with Gasteiger partial charge in [0.05, 0.1) is 35.2 Å². The molecule has 120 valence electrons. The van der Waals surface area contributed by atoms with Crippen molar-refractivity contribution < 1.29 is 9.53 Å². The Morgan fingerprint density at radius 1 is 1.48 bits per heavy atom. The van der Waals surface area contributed by atoms with E-state index in [-0.39, 0.29) is 11.9 Å². The van der Waals surface area contributed by atoms with E-state index in [0.717, 1.165) is 27.2 Å². The van der Waals surface area contributed by atoms with Crippen LogP contribution in [-0.2, 0) is 4.74 Å². The minimum atomic E-state index is -0.101. The summed E-state index contributed by atoms with van der Waals surface area (Å²) in [5.41, 5.74) is 4.62. The molecule has 1 amide bonds. The Balaban J connectivity index is 1.70. The maximum absolute atomic E-state index is 13.0. The highest BCUT2D eigenvalue weighted by molar-refractivity contribution is 7.17. The number of hydrogen-bond acceptors (Lipinski definition) is 4. The van der Waals surface area contributed by atoms with Crippen molar-refractivity contribution in [2.24, 2.45) is 0 Å². The van der Waals surface area contributed by atoms with Crippen molar-refractivity contribution in [3.63, 3.8) is 0 Å². The minimum Gasteiger partial charge on any atom is -0.377 e. The number of carbonyl (C=O) groups is 1. The number of nitrogens with zero attached hydrogens (tertiary/aromatic N) is 2. The topological polar surface area (TPSA) is 74.0 Å². The van der Waals surface area contributed by atoms with Crippen LogP contribution in [0.1, 0.15) is 33.5 Å². The van der Waals surface area contributed by atoms with Gasteiger partial charge in [-0.15, -0.1) is 11.3 Å². The number of thiophene rings is 1. The number of ether oxygens (including phenoxy) is 1. The first-order valence-corrected chi connectivity index (χ1v) is 8.49. The molecule has 0 bridgehead atoms. The maximum Gasteiger partial charge on any atom is 0.271 e. The molecule has 4 heterocycles. The van der Waals surface area contributed by atoms with Crippen LogP contribution in [0.2, 0.25) is 0 Å². The summed E-state index contributed by atoms with van der Waals surface area (Å²) in [6, 6.07) is 3.83. The van der Waals surface area contributed by atoms with Crippen molar-refractivity contribution in [3.8, 4) is 0 Å². The number of rotatable bonds is 2. The molecule has 3 aromatic rings. The van der Waals surface area contributed by atoms with Gasteiger partial charge < -0.3 is 14.6 Å². The van der Waals surface area contributed by atoms with Crippen LogP contribution in [0, 0.1) is 13.8 Å². The number of amides is 1. The molecule has 1 fully saturated rings. The van der Waals surface area contributed by atoms with Crippen molar-refractivity contribution in [2.75, 3.05) is 19.8 Å². The number of aryl methyl sites for hydroxylation is 2. The number of hydrogen-bond donors (Lipinski definition) is 2. The van der Waals surface area contributed by atoms with Crippen molar-refractivity contribution >= 4 is 27.5 Å². The van der Waals surface area contributed by atoms with Crippen LogP contribution in [-0.4, -0.2) is 45.7 Å². The second kappa shape index (κ2) is 5.50. The monoisotopic (exact) mass is 330 g/mol. The molecule has 4 rings (SSSR count). The molecule has 23 heavy (non-hydrogen) atoms. The minimum absolute atomic E-state index is 0.0155. The average molecular weight is 330 g/mol. The number of H-pyrrole nitrogens is 2. The lowest BCUT2D eigenvalue weighted by Gasteiger charge is -2.35. The number of morpholine rings is 1. The summed E-state index contributed by atoms with van der Waals surface area (Å²) in [6.07, 6.45) is 0. The molecule has 7 heteroatoms. The summed E-state index contributed by atoms with van der Waals surface area (Å²) < 4.78 is 6.74. The molecule has 0 aromatic carbocycles. The fraction of sp³-hybridized carbons (Fsp3) is 0.375. The predicted molar refractivity (Wildman–Crippen MR) is 88.8 cm³/mol. The van der Waals surface area contributed by atoms with E-state index in [2.05, 4.69) is 15.2 Å². The second-order valence-corrected chi connectivity index (χ2v) is 6.77. The van der Waals surface area contributed by atoms with Gasteiger partial charge in [-0.2, -0.15) is 5.10 Å². The van der Waals surface area contributed by atoms with E-state index in [9.17, 15) is 4.79 Å². The summed E-state index contributed by atoms with van der Waals surface area (Å²) in [4.78, 5) is 18.1. The quantitative estimate of drug-likeness (QED) is 0.759. The van der Waals surface area contributed by atoms with Crippen LogP contribution < -0.4 is 0 Å². The zero-order valence-electron chi connectivity index (χ0n) is 13.0. The molecular weight excluding hydrogens is 312 g/mol. The van der Waals surface area contributed by atoms with Crippen molar-refractivity contribution in [2.45, 2.75) is 19.9 Å². The number of aromatic nitrogens is 3. The Kier molecular flexibility index (Phi) is 3.46. The van der Waals surface area contributed by atoms with Gasteiger partial charge >= 0.3 is 0 Å². The van der Waals surface area contributed by atoms with Gasteiger partial charge in [0.1, 0.15) is 5.69 Å². The molecule has 0 aliphatic carbocycles. The number of nitrogens with one attached hydrogen (secondary N) is 2. The molecule has 0 saturated carbocycles. The highest BCUT2D eigenvalue weighted by Gasteiger charge is 2.33. The van der Waals surface area contributed by atoms with Crippen LogP contribution in [0.3, 0.4) is 0 Å². The highest BCUT2D eigenvalue weighted by atomic mass is 32.1. The molecule has 2 N–H and O–H groups in total. The summed E-state index contributed by atoms with van der Waals surface area (Å²) >= 11 is 1.63. The molecule has 1 aliphatic rings. The Morgan fingerprint density at radius 3 is 3.09 bits per heavy atom. The lowest BCUT2D eigenvalue weighted by Crippen LogP contribution is -2.43. The lowest BCUT2D eigenvalue weighted by molar-refractivity contribution is -0.00327. The van der Waals surface area contributed by atoms with Gasteiger partial charge in [0.25, 0.3) is 5.91 Å². The van der Waals surface area contributed by atoms with E-state index in [0.29, 0.717) is 25.5 Å². The molecule has 1 aliphatic heterocycles. The first kappa shape index (κ1) is 14.5. The van der Waals surface area contributed by atoms with Crippen LogP contribution in [0.5, 0.6) is 0 Å². The second-order valence-electron chi connectivity index (χ2n) is 5.82. The molecule has 1 atom stereocenters. The summed E-state index contributed by atoms with van der Waals surface area (Å²) in [5, 5.41) is 9.28. The zero-order valence-corrected chi connectivity index (χ0v) is 13.9. The fourth-order valence-corrected chi connectivity index (χ4v) is 4.04. The van der Waals surface area contributed by atoms with Crippen molar-refractivity contribution in [3.05, 3.63) is 40.2 Å². The van der Waals surface area contributed by atoms with E-state index in [1.165, 1.54) is 0 Å². The maximum atomic E-state index is 13.0. The third kappa shape index (κ3) is 2.36. The van der Waals surface area contributed by atoms with Crippen molar-refractivity contribution in [1.82, 2.24) is 20.1 Å². The first-order chi connectivity index (χ1) is 11.1. The Labute approximate surface area is 137 Å². The largest absolute Gasteiger partial charge is 0.377 e. The van der Waals surface area contributed by atoms with E-state index in [1.807, 2.05) is 36.3 Å². The van der Waals surface area contributed by atoms with Gasteiger partial charge in [-0.3, -0.25) is 9.89 Å². The van der Waals surface area contributed by atoms with Crippen LogP contribution in [0.4, 0.5) is 0 Å². The van der Waals surface area contributed by atoms with Gasteiger partial charge in [0, 0.05) is 17.8 Å². The number of fused-ring (bicyclic) bond motifs is 1. The molecule has 1 saturated heterocycles. The Morgan fingerprint density at radius 2 is 2.35 bits per heavy atom. The highest BCUT2D eigenvalue weighted by Crippen LogP contribution is 2.30. The number of carbonyl (C=O) groups excluding carboxylic acids is 1. The van der Waals surface area contributed by atoms with Gasteiger partial charge in [0.15, 0.2) is 0 Å². The van der Waals surface area contributed by atoms with Crippen LogP contribution in [0.15, 0.2) is 17.5 Å². The summed E-state index contributed by atoms with van der Waals surface area (Å²) in [5.74, 6) is 0.0155. The van der Waals surface area contributed by atoms with Gasteiger partial charge in [-0.05, 0) is 31.4 Å². The normalized spacial score (nSPS) is 18.7. The third-order valence-corrected chi connectivity index (χ3v) is 5.24. The standard InChI is InChI=1S/C16H18N4O2S/c1-9-15(10(2)19-18-9)13-8-22-5-4-20(13)16(21)12-7-14-11(17-12)3-6-23-14/h3,6-7,13,17H,4-5,8H2,1-2H3,(H,18,19). The van der Waals surface area contributed by atoms with E-state index in [4.69, 9.17) is 4.74 Å². The molecule has 6 nitrogen and oxygen atoms in total. The molecular formula is C16H18N4O2S. The van der Waals surface area contributed by atoms with Crippen LogP contribution in [0.25, 0.3) is 10.2 Å². The third-order valence-electron chi connectivity index (χ3n) is 4.38. The van der Waals surface area contributed by atoms with E-state index in [1.54, 1.807) is 11.3 Å². The number of aromatic amines is 2. The van der Waals surface area contributed by atoms with E-state index < -0.39 is 0 Å². The smallest absolute Gasteiger partial charge is 0.271 e. The van der Waals surface area contributed by atoms with Gasteiger partial charge in [0.2, 0.25) is 0 Å². The van der Waals surface area contributed by atoms with Crippen LogP contribution >= 0.6 is 11.3 Å². The molecule has 0 spiro atoms. The average Bonchev–Trinajstić information content (AvgIpc) is 3.22. The SMILES string of the molecule is Cc1n[nH]c(C)c1C1COCCN1C(=O)c1cc2sccc2[nH]1. The van der Waals surface area contributed by atoms with Gasteiger partial charge in [-0.25, -0.2) is 0 Å². The predicted octanol–water partition coefficient (Wildman–Crippen LogP) is 2.78. The van der Waals surface area contributed by atoms with Gasteiger partial charge in [-0.1, -0.05) is 0 Å². The fourth-order valence-electron chi connectivity index (χ4n) is 3.25. The van der Waals surface area contributed by atoms with Crippen molar-refractivity contribution in [1.29, 1.82) is 0 Å². The summed E-state index contributed by atoms with van der Waals surface area (Å²) in [6.45, 7) is 5.59. The Hall–Kier alpha value is -2.12. The Bertz CT molecular complexity index is 815. The lowest BCUT2D eigenvalue weighted by atomic mass is 10.0. The molecule has 1 unspecified atom stereocenters. The molecule has 0 radical (unpaired) electrons.